The SMILES string of the molecule is C=c1cccc2c1=C(C(N)=O)N=C2.Cl.Cl. The predicted octanol–water partition coefficient (Wildman–Crippen LogP) is -0.0335. The van der Waals surface area contributed by atoms with Gasteiger partial charge >= 0.3 is 0 Å². The second-order valence-electron chi connectivity index (χ2n) is 2.85. The van der Waals surface area contributed by atoms with Gasteiger partial charge in [-0.1, -0.05) is 24.8 Å². The molecule has 0 saturated heterocycles. The number of carbonyl (C=O) groups excluding carboxylic acids is 1. The molecule has 80 valence electrons. The third kappa shape index (κ3) is 2.19. The Labute approximate surface area is 99.2 Å². The van der Waals surface area contributed by atoms with Crippen molar-refractivity contribution < 1.29 is 4.79 Å². The molecule has 0 bridgehead atoms. The monoisotopic (exact) mass is 244 g/mol. The fraction of sp³-hybridized carbons (Fsp3) is 0. The van der Waals surface area contributed by atoms with Crippen LogP contribution in [0.4, 0.5) is 0 Å². The molecule has 0 fully saturated rings. The number of carbonyl (C=O) groups is 1. The van der Waals surface area contributed by atoms with Gasteiger partial charge in [-0.15, -0.1) is 24.8 Å². The molecule has 0 aliphatic carbocycles. The molecule has 15 heavy (non-hydrogen) atoms. The van der Waals surface area contributed by atoms with Gasteiger partial charge in [0.1, 0.15) is 5.70 Å². The Morgan fingerprint density at radius 3 is 2.60 bits per heavy atom. The molecule has 5 heteroatoms. The molecule has 0 saturated carbocycles. The Morgan fingerprint density at radius 2 is 2.00 bits per heavy atom. The summed E-state index contributed by atoms with van der Waals surface area (Å²) in [6.07, 6.45) is 1.63. The largest absolute Gasteiger partial charge is 0.364 e. The number of halogens is 2. The lowest BCUT2D eigenvalue weighted by atomic mass is 10.1. The van der Waals surface area contributed by atoms with Crippen molar-refractivity contribution in [2.75, 3.05) is 0 Å². The average Bonchev–Trinajstić information content (AvgIpc) is 2.49. The minimum Gasteiger partial charge on any atom is -0.364 e. The van der Waals surface area contributed by atoms with E-state index in [0.717, 1.165) is 16.0 Å². The first kappa shape index (κ1) is 13.7. The van der Waals surface area contributed by atoms with Gasteiger partial charge in [0.05, 0.1) is 0 Å². The number of benzene rings is 1. The third-order valence-electron chi connectivity index (χ3n) is 1.99. The molecule has 1 aromatic carbocycles. The van der Waals surface area contributed by atoms with Crippen LogP contribution < -0.4 is 16.2 Å². The van der Waals surface area contributed by atoms with Crippen LogP contribution in [0.1, 0.15) is 5.56 Å². The topological polar surface area (TPSA) is 55.5 Å². The molecule has 2 rings (SSSR count). The van der Waals surface area contributed by atoms with E-state index < -0.39 is 5.91 Å². The number of amides is 1. The Morgan fingerprint density at radius 1 is 1.33 bits per heavy atom. The van der Waals surface area contributed by atoms with Gasteiger partial charge in [0.15, 0.2) is 0 Å². The Hall–Kier alpha value is -1.32. The Bertz CT molecular complexity index is 523. The summed E-state index contributed by atoms with van der Waals surface area (Å²) in [5.41, 5.74) is 6.37. The smallest absolute Gasteiger partial charge is 0.267 e. The van der Waals surface area contributed by atoms with E-state index in [1.165, 1.54) is 0 Å². The number of hydrogen-bond donors (Lipinski definition) is 1. The van der Waals surface area contributed by atoms with E-state index in [-0.39, 0.29) is 24.8 Å². The lowest BCUT2D eigenvalue weighted by Gasteiger charge is -1.92. The van der Waals surface area contributed by atoms with Crippen molar-refractivity contribution in [1.82, 2.24) is 0 Å². The van der Waals surface area contributed by atoms with Gasteiger partial charge in [-0.25, -0.2) is 4.99 Å². The van der Waals surface area contributed by atoms with Gasteiger partial charge in [-0.05, 0) is 5.22 Å². The first-order valence-electron chi connectivity index (χ1n) is 3.86. The molecule has 1 aliphatic heterocycles. The van der Waals surface area contributed by atoms with E-state index in [4.69, 9.17) is 5.73 Å². The summed E-state index contributed by atoms with van der Waals surface area (Å²) in [6, 6.07) is 5.58. The fourth-order valence-electron chi connectivity index (χ4n) is 1.40. The van der Waals surface area contributed by atoms with Crippen LogP contribution in [-0.4, -0.2) is 12.1 Å². The zero-order valence-corrected chi connectivity index (χ0v) is 9.40. The number of hydrogen-bond acceptors (Lipinski definition) is 2. The van der Waals surface area contributed by atoms with Gasteiger partial charge in [0.2, 0.25) is 0 Å². The molecule has 1 aliphatic rings. The molecule has 2 N–H and O–H groups in total. The molecule has 1 heterocycles. The van der Waals surface area contributed by atoms with Crippen molar-refractivity contribution in [2.45, 2.75) is 0 Å². The van der Waals surface area contributed by atoms with Crippen molar-refractivity contribution in [3.05, 3.63) is 34.2 Å². The van der Waals surface area contributed by atoms with Crippen molar-refractivity contribution in [1.29, 1.82) is 0 Å². The Kier molecular flexibility index (Phi) is 4.52. The molecular weight excluding hydrogens is 235 g/mol. The zero-order chi connectivity index (χ0) is 9.42. The molecule has 0 spiro atoms. The van der Waals surface area contributed by atoms with Crippen LogP contribution in [0.25, 0.3) is 12.3 Å². The highest BCUT2D eigenvalue weighted by Gasteiger charge is 2.11. The number of aliphatic imine (C=N–C) groups is 1. The van der Waals surface area contributed by atoms with Crippen LogP contribution in [0.3, 0.4) is 0 Å². The molecule has 0 aromatic heterocycles. The normalized spacial score (nSPS) is 11.3. The number of nitrogens with two attached hydrogens (primary N) is 1. The summed E-state index contributed by atoms with van der Waals surface area (Å²) in [7, 11) is 0. The van der Waals surface area contributed by atoms with Crippen molar-refractivity contribution in [3.8, 4) is 0 Å². The molecule has 0 atom stereocenters. The molecule has 3 nitrogen and oxygen atoms in total. The van der Waals surface area contributed by atoms with Crippen molar-refractivity contribution in [3.63, 3.8) is 0 Å². The molecule has 1 amide bonds. The molecule has 1 aromatic rings. The second-order valence-corrected chi connectivity index (χ2v) is 2.85. The lowest BCUT2D eigenvalue weighted by Crippen LogP contribution is -2.30. The van der Waals surface area contributed by atoms with Crippen LogP contribution in [0, 0.1) is 0 Å². The molecule has 0 unspecified atom stereocenters. The standard InChI is InChI=1S/C10H8N2O.2ClH/c1-6-3-2-4-7-5-12-9(8(6)7)10(11)13;;/h2-5H,1H2,(H2,11,13);2*1H. The highest BCUT2D eigenvalue weighted by Crippen LogP contribution is 2.01. The van der Waals surface area contributed by atoms with E-state index in [0.29, 0.717) is 5.70 Å². The quantitative estimate of drug-likeness (QED) is 0.742. The minimum atomic E-state index is -0.508. The van der Waals surface area contributed by atoms with Crippen molar-refractivity contribution in [2.24, 2.45) is 10.7 Å². The number of fused-ring (bicyclic) bond motifs is 1. The highest BCUT2D eigenvalue weighted by atomic mass is 35.5. The number of rotatable bonds is 1. The predicted molar refractivity (Wildman–Crippen MR) is 65.9 cm³/mol. The minimum absolute atomic E-state index is 0. The summed E-state index contributed by atoms with van der Waals surface area (Å²) in [5.74, 6) is -0.508. The van der Waals surface area contributed by atoms with Crippen LogP contribution >= 0.6 is 24.8 Å². The molecular formula is C10H10Cl2N2O. The van der Waals surface area contributed by atoms with Crippen molar-refractivity contribution >= 4 is 49.2 Å². The van der Waals surface area contributed by atoms with Gasteiger partial charge in [0, 0.05) is 17.0 Å². The summed E-state index contributed by atoms with van der Waals surface area (Å²) < 4.78 is 0. The summed E-state index contributed by atoms with van der Waals surface area (Å²) in [5, 5.41) is 1.54. The zero-order valence-electron chi connectivity index (χ0n) is 7.77. The van der Waals surface area contributed by atoms with E-state index in [9.17, 15) is 4.79 Å². The summed E-state index contributed by atoms with van der Waals surface area (Å²) in [4.78, 5) is 14.9. The maximum atomic E-state index is 11.0. The number of primary amides is 1. The lowest BCUT2D eigenvalue weighted by molar-refractivity contribution is -0.112. The summed E-state index contributed by atoms with van der Waals surface area (Å²) >= 11 is 0. The van der Waals surface area contributed by atoms with Gasteiger partial charge in [-0.2, -0.15) is 0 Å². The van der Waals surface area contributed by atoms with Gasteiger partial charge < -0.3 is 5.73 Å². The van der Waals surface area contributed by atoms with Crippen LogP contribution in [0.5, 0.6) is 0 Å². The first-order valence-corrected chi connectivity index (χ1v) is 3.86. The molecule has 0 radical (unpaired) electrons. The number of nitrogens with zero attached hydrogens (tertiary/aromatic N) is 1. The average molecular weight is 245 g/mol. The van der Waals surface area contributed by atoms with Gasteiger partial charge in [-0.3, -0.25) is 4.79 Å². The van der Waals surface area contributed by atoms with E-state index in [1.54, 1.807) is 6.21 Å². The Balaban J connectivity index is 0.000000980. The van der Waals surface area contributed by atoms with E-state index >= 15 is 0 Å². The first-order chi connectivity index (χ1) is 6.20. The van der Waals surface area contributed by atoms with E-state index in [2.05, 4.69) is 11.6 Å². The highest BCUT2D eigenvalue weighted by molar-refractivity contribution is 6.16. The van der Waals surface area contributed by atoms with E-state index in [1.807, 2.05) is 18.2 Å². The third-order valence-corrected chi connectivity index (χ3v) is 1.99. The summed E-state index contributed by atoms with van der Waals surface area (Å²) in [6.45, 7) is 3.82. The maximum absolute atomic E-state index is 11.0. The van der Waals surface area contributed by atoms with Gasteiger partial charge in [0.25, 0.3) is 5.91 Å². The fourth-order valence-corrected chi connectivity index (χ4v) is 1.40. The van der Waals surface area contributed by atoms with Crippen LogP contribution in [0.15, 0.2) is 23.2 Å². The maximum Gasteiger partial charge on any atom is 0.267 e. The van der Waals surface area contributed by atoms with Crippen LogP contribution in [0.2, 0.25) is 0 Å². The second kappa shape index (κ2) is 4.96. The van der Waals surface area contributed by atoms with Crippen LogP contribution in [-0.2, 0) is 4.79 Å².